The predicted octanol–water partition coefficient (Wildman–Crippen LogP) is 3.72. The molecule has 31 heavy (non-hydrogen) atoms. The van der Waals surface area contributed by atoms with Crippen molar-refractivity contribution >= 4 is 34.8 Å². The lowest BCUT2D eigenvalue weighted by atomic mass is 10.1. The Hall–Kier alpha value is -4.07. The highest BCUT2D eigenvalue weighted by Crippen LogP contribution is 2.17. The predicted molar refractivity (Wildman–Crippen MR) is 119 cm³/mol. The number of furan rings is 1. The van der Waals surface area contributed by atoms with Crippen LogP contribution >= 0.6 is 0 Å². The third-order valence-corrected chi connectivity index (χ3v) is 4.15. The quantitative estimate of drug-likeness (QED) is 0.444. The number of amides is 3. The SMILES string of the molecule is CC(C)NC(=O)c1cccc(NCC(=O)Nc2cccc(NC(=O)c3ccco3)c2)c1. The van der Waals surface area contributed by atoms with Crippen molar-refractivity contribution in [2.75, 3.05) is 22.5 Å². The molecule has 3 rings (SSSR count). The Labute approximate surface area is 180 Å². The van der Waals surface area contributed by atoms with Crippen LogP contribution in [0.1, 0.15) is 34.8 Å². The Balaban J connectivity index is 1.54. The maximum Gasteiger partial charge on any atom is 0.291 e. The summed E-state index contributed by atoms with van der Waals surface area (Å²) >= 11 is 0. The monoisotopic (exact) mass is 420 g/mol. The number of nitrogens with one attached hydrogen (secondary N) is 4. The van der Waals surface area contributed by atoms with E-state index in [2.05, 4.69) is 21.3 Å². The topological polar surface area (TPSA) is 112 Å². The van der Waals surface area contributed by atoms with Crippen LogP contribution in [0.15, 0.2) is 71.3 Å². The van der Waals surface area contributed by atoms with Crippen molar-refractivity contribution in [1.82, 2.24) is 5.32 Å². The summed E-state index contributed by atoms with van der Waals surface area (Å²) in [6.07, 6.45) is 1.42. The fraction of sp³-hybridized carbons (Fsp3) is 0.174. The van der Waals surface area contributed by atoms with Crippen molar-refractivity contribution in [2.24, 2.45) is 0 Å². The Morgan fingerprint density at radius 2 is 1.55 bits per heavy atom. The van der Waals surface area contributed by atoms with Gasteiger partial charge in [-0.1, -0.05) is 12.1 Å². The van der Waals surface area contributed by atoms with Crippen molar-refractivity contribution in [1.29, 1.82) is 0 Å². The zero-order chi connectivity index (χ0) is 22.2. The van der Waals surface area contributed by atoms with Crippen LogP contribution in [0, 0.1) is 0 Å². The van der Waals surface area contributed by atoms with Crippen molar-refractivity contribution in [2.45, 2.75) is 19.9 Å². The van der Waals surface area contributed by atoms with E-state index in [4.69, 9.17) is 4.42 Å². The van der Waals surface area contributed by atoms with Crippen molar-refractivity contribution in [3.8, 4) is 0 Å². The van der Waals surface area contributed by atoms with E-state index < -0.39 is 0 Å². The van der Waals surface area contributed by atoms with E-state index in [9.17, 15) is 14.4 Å². The molecule has 160 valence electrons. The fourth-order valence-corrected chi connectivity index (χ4v) is 2.78. The number of hydrogen-bond acceptors (Lipinski definition) is 5. The number of benzene rings is 2. The lowest BCUT2D eigenvalue weighted by Gasteiger charge is -2.11. The van der Waals surface area contributed by atoms with Crippen LogP contribution in [0.25, 0.3) is 0 Å². The van der Waals surface area contributed by atoms with Gasteiger partial charge in [-0.3, -0.25) is 14.4 Å². The van der Waals surface area contributed by atoms with Crippen LogP contribution in [0.5, 0.6) is 0 Å². The Morgan fingerprint density at radius 1 is 0.839 bits per heavy atom. The van der Waals surface area contributed by atoms with E-state index >= 15 is 0 Å². The number of carbonyl (C=O) groups is 3. The zero-order valence-corrected chi connectivity index (χ0v) is 17.3. The fourth-order valence-electron chi connectivity index (χ4n) is 2.78. The summed E-state index contributed by atoms with van der Waals surface area (Å²) in [4.78, 5) is 36.5. The minimum Gasteiger partial charge on any atom is -0.459 e. The zero-order valence-electron chi connectivity index (χ0n) is 17.3. The Kier molecular flexibility index (Phi) is 7.05. The van der Waals surface area contributed by atoms with Gasteiger partial charge in [0.05, 0.1) is 12.8 Å². The van der Waals surface area contributed by atoms with E-state index in [0.29, 0.717) is 22.6 Å². The smallest absolute Gasteiger partial charge is 0.291 e. The summed E-state index contributed by atoms with van der Waals surface area (Å²) in [7, 11) is 0. The summed E-state index contributed by atoms with van der Waals surface area (Å²) in [6.45, 7) is 3.79. The highest BCUT2D eigenvalue weighted by Gasteiger charge is 2.10. The molecule has 0 aliphatic carbocycles. The molecule has 1 heterocycles. The molecule has 0 aliphatic rings. The van der Waals surface area contributed by atoms with Gasteiger partial charge in [0.1, 0.15) is 0 Å². The van der Waals surface area contributed by atoms with Gasteiger partial charge in [0, 0.05) is 28.7 Å². The number of carbonyl (C=O) groups excluding carboxylic acids is 3. The summed E-state index contributed by atoms with van der Waals surface area (Å²) in [5.74, 6) is -0.623. The second-order valence-corrected chi connectivity index (χ2v) is 7.12. The summed E-state index contributed by atoms with van der Waals surface area (Å²) in [5, 5.41) is 11.3. The van der Waals surface area contributed by atoms with Gasteiger partial charge in [-0.05, 0) is 62.4 Å². The summed E-state index contributed by atoms with van der Waals surface area (Å²) in [6, 6.07) is 17.0. The van der Waals surface area contributed by atoms with E-state index in [0.717, 1.165) is 0 Å². The average Bonchev–Trinajstić information content (AvgIpc) is 3.27. The highest BCUT2D eigenvalue weighted by atomic mass is 16.3. The summed E-state index contributed by atoms with van der Waals surface area (Å²) < 4.78 is 5.06. The minimum absolute atomic E-state index is 0.0121. The molecule has 1 aromatic heterocycles. The maximum absolute atomic E-state index is 12.3. The molecule has 8 heteroatoms. The molecule has 0 aliphatic heterocycles. The van der Waals surface area contributed by atoms with Crippen LogP contribution in [-0.2, 0) is 4.79 Å². The third-order valence-electron chi connectivity index (χ3n) is 4.15. The molecular formula is C23H24N4O4. The molecular weight excluding hydrogens is 396 g/mol. The van der Waals surface area contributed by atoms with Crippen molar-refractivity contribution in [3.05, 3.63) is 78.3 Å². The second-order valence-electron chi connectivity index (χ2n) is 7.12. The largest absolute Gasteiger partial charge is 0.459 e. The molecule has 3 aromatic rings. The van der Waals surface area contributed by atoms with Gasteiger partial charge in [0.25, 0.3) is 11.8 Å². The van der Waals surface area contributed by atoms with Gasteiger partial charge >= 0.3 is 0 Å². The molecule has 0 unspecified atom stereocenters. The van der Waals surface area contributed by atoms with Crippen LogP contribution in [0.2, 0.25) is 0 Å². The van der Waals surface area contributed by atoms with Crippen LogP contribution in [0.4, 0.5) is 17.1 Å². The molecule has 0 fully saturated rings. The first-order chi connectivity index (χ1) is 14.9. The van der Waals surface area contributed by atoms with Gasteiger partial charge in [-0.2, -0.15) is 0 Å². The number of rotatable bonds is 8. The average molecular weight is 420 g/mol. The van der Waals surface area contributed by atoms with Gasteiger partial charge in [0.15, 0.2) is 5.76 Å². The lowest BCUT2D eigenvalue weighted by Crippen LogP contribution is -2.30. The van der Waals surface area contributed by atoms with Gasteiger partial charge in [-0.15, -0.1) is 0 Å². The van der Waals surface area contributed by atoms with E-state index in [1.54, 1.807) is 60.7 Å². The van der Waals surface area contributed by atoms with Crippen LogP contribution in [0.3, 0.4) is 0 Å². The van der Waals surface area contributed by atoms with Crippen LogP contribution in [-0.4, -0.2) is 30.3 Å². The molecule has 0 saturated carbocycles. The molecule has 4 N–H and O–H groups in total. The Bertz CT molecular complexity index is 1060. The first-order valence-corrected chi connectivity index (χ1v) is 9.80. The van der Waals surface area contributed by atoms with Crippen molar-refractivity contribution < 1.29 is 18.8 Å². The van der Waals surface area contributed by atoms with E-state index in [1.807, 2.05) is 13.8 Å². The standard InChI is InChI=1S/C23H24N4O4/c1-15(2)25-22(29)16-6-3-7-17(12-16)24-14-21(28)26-18-8-4-9-19(13-18)27-23(30)20-10-5-11-31-20/h3-13,15,24H,14H2,1-2H3,(H,25,29)(H,26,28)(H,27,30). The highest BCUT2D eigenvalue weighted by molar-refractivity contribution is 6.03. The number of hydrogen-bond donors (Lipinski definition) is 4. The van der Waals surface area contributed by atoms with Gasteiger partial charge < -0.3 is 25.7 Å². The third kappa shape index (κ3) is 6.46. The molecule has 0 atom stereocenters. The first kappa shape index (κ1) is 21.6. The second kappa shape index (κ2) is 10.1. The van der Waals surface area contributed by atoms with E-state index in [-0.39, 0.29) is 36.1 Å². The first-order valence-electron chi connectivity index (χ1n) is 9.80. The van der Waals surface area contributed by atoms with Gasteiger partial charge in [-0.25, -0.2) is 0 Å². The molecule has 0 saturated heterocycles. The number of anilines is 3. The normalized spacial score (nSPS) is 10.4. The molecule has 3 amide bonds. The molecule has 0 radical (unpaired) electrons. The van der Waals surface area contributed by atoms with Crippen LogP contribution < -0.4 is 21.3 Å². The minimum atomic E-state index is -0.378. The lowest BCUT2D eigenvalue weighted by molar-refractivity contribution is -0.114. The molecule has 0 bridgehead atoms. The molecule has 8 nitrogen and oxygen atoms in total. The van der Waals surface area contributed by atoms with Gasteiger partial charge in [0.2, 0.25) is 5.91 Å². The maximum atomic E-state index is 12.3. The van der Waals surface area contributed by atoms with Crippen molar-refractivity contribution in [3.63, 3.8) is 0 Å². The van der Waals surface area contributed by atoms with E-state index in [1.165, 1.54) is 6.26 Å². The summed E-state index contributed by atoms with van der Waals surface area (Å²) in [5.41, 5.74) is 2.23. The Morgan fingerprint density at radius 3 is 2.26 bits per heavy atom. The molecule has 0 spiro atoms. The molecule has 2 aromatic carbocycles.